The summed E-state index contributed by atoms with van der Waals surface area (Å²) in [6.07, 6.45) is 7.27. The van der Waals surface area contributed by atoms with Gasteiger partial charge in [-0.05, 0) is 30.7 Å². The molecule has 0 aliphatic rings. The Morgan fingerprint density at radius 2 is 2.00 bits per heavy atom. The second-order valence-electron chi connectivity index (χ2n) is 5.99. The molecule has 2 heterocycles. The molecule has 3 rings (SSSR count). The van der Waals surface area contributed by atoms with Crippen molar-refractivity contribution in [1.29, 1.82) is 0 Å². The van der Waals surface area contributed by atoms with E-state index in [1.807, 2.05) is 37.0 Å². The fraction of sp³-hybridized carbons (Fsp3) is 0.278. The van der Waals surface area contributed by atoms with Crippen LogP contribution in [-0.2, 0) is 11.8 Å². The lowest BCUT2D eigenvalue weighted by Crippen LogP contribution is -2.32. The molecule has 1 N–H and O–H groups in total. The Labute approximate surface area is 145 Å². The van der Waals surface area contributed by atoms with Crippen molar-refractivity contribution in [1.82, 2.24) is 24.6 Å². The third-order valence-corrected chi connectivity index (χ3v) is 4.08. The number of hydrogen-bond acceptors (Lipinski definition) is 3. The summed E-state index contributed by atoms with van der Waals surface area (Å²) in [5.41, 5.74) is 0.774. The van der Waals surface area contributed by atoms with E-state index in [-0.39, 0.29) is 24.2 Å². The third-order valence-electron chi connectivity index (χ3n) is 4.08. The molecular formula is C18H20FN5O. The lowest BCUT2D eigenvalue weighted by Gasteiger charge is -2.20. The summed E-state index contributed by atoms with van der Waals surface area (Å²) < 4.78 is 16.8. The summed E-state index contributed by atoms with van der Waals surface area (Å²) >= 11 is 0. The van der Waals surface area contributed by atoms with Crippen molar-refractivity contribution in [3.8, 4) is 0 Å². The molecule has 0 spiro atoms. The monoisotopic (exact) mass is 341 g/mol. The van der Waals surface area contributed by atoms with E-state index in [1.165, 1.54) is 12.1 Å². The van der Waals surface area contributed by atoms with E-state index in [4.69, 9.17) is 0 Å². The van der Waals surface area contributed by atoms with E-state index in [1.54, 1.807) is 29.2 Å². The fourth-order valence-electron chi connectivity index (χ4n) is 2.73. The molecule has 0 bridgehead atoms. The average Bonchev–Trinajstić information content (AvgIpc) is 3.25. The number of nitrogens with zero attached hydrogens (tertiary/aromatic N) is 4. The van der Waals surface area contributed by atoms with Gasteiger partial charge >= 0.3 is 0 Å². The first-order valence-corrected chi connectivity index (χ1v) is 8.06. The minimum Gasteiger partial charge on any atom is -0.342 e. The van der Waals surface area contributed by atoms with Gasteiger partial charge in [-0.3, -0.25) is 9.48 Å². The first-order chi connectivity index (χ1) is 12.0. The van der Waals surface area contributed by atoms with Crippen LogP contribution in [0.4, 0.5) is 4.39 Å². The van der Waals surface area contributed by atoms with Crippen LogP contribution in [0.1, 0.15) is 36.8 Å². The highest BCUT2D eigenvalue weighted by atomic mass is 19.1. The molecule has 1 amide bonds. The molecule has 0 fully saturated rings. The van der Waals surface area contributed by atoms with E-state index < -0.39 is 6.04 Å². The van der Waals surface area contributed by atoms with Crippen molar-refractivity contribution in [2.45, 2.75) is 25.4 Å². The molecule has 0 radical (unpaired) electrons. The lowest BCUT2D eigenvalue weighted by molar-refractivity contribution is -0.122. The summed E-state index contributed by atoms with van der Waals surface area (Å²) in [6, 6.07) is 7.39. The number of hydrogen-bond donors (Lipinski definition) is 1. The van der Waals surface area contributed by atoms with Crippen molar-refractivity contribution < 1.29 is 9.18 Å². The Morgan fingerprint density at radius 3 is 2.60 bits per heavy atom. The topological polar surface area (TPSA) is 64.7 Å². The Bertz CT molecular complexity index is 826. The highest BCUT2D eigenvalue weighted by molar-refractivity contribution is 5.77. The highest BCUT2D eigenvalue weighted by Gasteiger charge is 2.22. The van der Waals surface area contributed by atoms with Crippen LogP contribution in [0.2, 0.25) is 0 Å². The van der Waals surface area contributed by atoms with Gasteiger partial charge in [0.25, 0.3) is 0 Å². The van der Waals surface area contributed by atoms with Crippen LogP contribution >= 0.6 is 0 Å². The van der Waals surface area contributed by atoms with E-state index in [0.717, 1.165) is 5.56 Å². The van der Waals surface area contributed by atoms with Crippen molar-refractivity contribution in [2.75, 3.05) is 0 Å². The molecule has 6 nitrogen and oxygen atoms in total. The Hall–Kier alpha value is -2.96. The van der Waals surface area contributed by atoms with Crippen LogP contribution in [-0.4, -0.2) is 25.2 Å². The molecule has 7 heteroatoms. The number of imidazole rings is 1. The Morgan fingerprint density at radius 1 is 1.24 bits per heavy atom. The molecule has 0 saturated carbocycles. The van der Waals surface area contributed by atoms with Gasteiger partial charge in [-0.25, -0.2) is 9.37 Å². The summed E-state index contributed by atoms with van der Waals surface area (Å²) in [4.78, 5) is 16.9. The van der Waals surface area contributed by atoms with Crippen LogP contribution < -0.4 is 5.32 Å². The third kappa shape index (κ3) is 3.93. The normalized spacial score (nSPS) is 13.4. The lowest BCUT2D eigenvalue weighted by atomic mass is 10.1. The molecule has 130 valence electrons. The number of rotatable bonds is 6. The van der Waals surface area contributed by atoms with E-state index in [2.05, 4.69) is 15.4 Å². The summed E-state index contributed by atoms with van der Waals surface area (Å²) in [5, 5.41) is 7.16. The molecule has 0 aliphatic carbocycles. The van der Waals surface area contributed by atoms with Crippen molar-refractivity contribution in [3.05, 3.63) is 72.3 Å². The summed E-state index contributed by atoms with van der Waals surface area (Å²) in [7, 11) is 1.86. The van der Waals surface area contributed by atoms with Crippen molar-refractivity contribution >= 4 is 5.91 Å². The molecule has 25 heavy (non-hydrogen) atoms. The molecular weight excluding hydrogens is 321 g/mol. The van der Waals surface area contributed by atoms with Crippen LogP contribution in [0.15, 0.2) is 55.1 Å². The van der Waals surface area contributed by atoms with E-state index in [9.17, 15) is 9.18 Å². The average molecular weight is 341 g/mol. The Kier molecular flexibility index (Phi) is 4.92. The fourth-order valence-corrected chi connectivity index (χ4v) is 2.73. The van der Waals surface area contributed by atoms with Crippen LogP contribution in [0, 0.1) is 5.82 Å². The molecule has 2 aromatic heterocycles. The van der Waals surface area contributed by atoms with Gasteiger partial charge in [0.05, 0.1) is 6.04 Å². The number of carbonyl (C=O) groups is 1. The van der Waals surface area contributed by atoms with Gasteiger partial charge in [0, 0.05) is 38.3 Å². The van der Waals surface area contributed by atoms with Crippen LogP contribution in [0.5, 0.6) is 0 Å². The molecule has 2 atom stereocenters. The van der Waals surface area contributed by atoms with Gasteiger partial charge in [0.1, 0.15) is 17.7 Å². The van der Waals surface area contributed by atoms with Gasteiger partial charge in [-0.1, -0.05) is 12.1 Å². The molecule has 0 aliphatic heterocycles. The smallest absolute Gasteiger partial charge is 0.222 e. The van der Waals surface area contributed by atoms with Gasteiger partial charge in [-0.2, -0.15) is 5.10 Å². The maximum Gasteiger partial charge on any atom is 0.222 e. The number of aryl methyl sites for hydroxylation is 1. The van der Waals surface area contributed by atoms with Gasteiger partial charge in [-0.15, -0.1) is 0 Å². The SMILES string of the molecule is C[C@H](CC(=O)N[C@@H](c1ccc(F)cc1)c1nccn1C)n1cccn1. The molecule has 0 saturated heterocycles. The van der Waals surface area contributed by atoms with Gasteiger partial charge < -0.3 is 9.88 Å². The zero-order chi connectivity index (χ0) is 17.8. The summed E-state index contributed by atoms with van der Waals surface area (Å²) in [6.45, 7) is 1.93. The second kappa shape index (κ2) is 7.29. The minimum absolute atomic E-state index is 0.0646. The second-order valence-corrected chi connectivity index (χ2v) is 5.99. The maximum absolute atomic E-state index is 13.2. The largest absolute Gasteiger partial charge is 0.342 e. The highest BCUT2D eigenvalue weighted by Crippen LogP contribution is 2.21. The number of carbonyl (C=O) groups excluding carboxylic acids is 1. The molecule has 0 unspecified atom stereocenters. The maximum atomic E-state index is 13.2. The molecule has 3 aromatic rings. The van der Waals surface area contributed by atoms with Crippen molar-refractivity contribution in [3.63, 3.8) is 0 Å². The first-order valence-electron chi connectivity index (χ1n) is 8.06. The zero-order valence-corrected chi connectivity index (χ0v) is 14.1. The van der Waals surface area contributed by atoms with Crippen LogP contribution in [0.25, 0.3) is 0 Å². The summed E-state index contributed by atoms with van der Waals surface area (Å²) in [5.74, 6) is 0.244. The first kappa shape index (κ1) is 16.9. The number of halogens is 1. The molecule has 1 aromatic carbocycles. The Balaban J connectivity index is 1.79. The number of nitrogens with one attached hydrogen (secondary N) is 1. The quantitative estimate of drug-likeness (QED) is 0.749. The predicted molar refractivity (Wildman–Crippen MR) is 91.1 cm³/mol. The van der Waals surface area contributed by atoms with Gasteiger partial charge in [0.2, 0.25) is 5.91 Å². The zero-order valence-electron chi connectivity index (χ0n) is 14.1. The minimum atomic E-state index is -0.446. The van der Waals surface area contributed by atoms with E-state index >= 15 is 0 Å². The number of amides is 1. The van der Waals surface area contributed by atoms with Crippen LogP contribution in [0.3, 0.4) is 0 Å². The number of aromatic nitrogens is 4. The predicted octanol–water partition coefficient (Wildman–Crippen LogP) is 2.61. The van der Waals surface area contributed by atoms with Crippen molar-refractivity contribution in [2.24, 2.45) is 7.05 Å². The van der Waals surface area contributed by atoms with E-state index in [0.29, 0.717) is 5.82 Å². The standard InChI is InChI=1S/C18H20FN5O/c1-13(24-10-3-8-21-24)12-16(25)22-17(18-20-9-11-23(18)2)14-4-6-15(19)7-5-14/h3-11,13,17H,12H2,1-2H3,(H,22,25)/t13-,17+/m1/s1. The van der Waals surface area contributed by atoms with Gasteiger partial charge in [0.15, 0.2) is 0 Å². The number of benzene rings is 1.